The van der Waals surface area contributed by atoms with Gasteiger partial charge in [0.25, 0.3) is 5.91 Å². The maximum atomic E-state index is 13.9. The van der Waals surface area contributed by atoms with Gasteiger partial charge in [0.2, 0.25) is 0 Å². The van der Waals surface area contributed by atoms with Crippen molar-refractivity contribution in [3.05, 3.63) is 132 Å². The van der Waals surface area contributed by atoms with E-state index in [-0.39, 0.29) is 11.9 Å². The first-order chi connectivity index (χ1) is 19.8. The number of nitrogens with zero attached hydrogens (tertiary/aromatic N) is 3. The lowest BCUT2D eigenvalue weighted by atomic mass is 9.93. The fourth-order valence-corrected chi connectivity index (χ4v) is 4.64. The van der Waals surface area contributed by atoms with Gasteiger partial charge < -0.3 is 10.1 Å². The summed E-state index contributed by atoms with van der Waals surface area (Å²) in [7, 11) is 0. The van der Waals surface area contributed by atoms with E-state index in [1.807, 2.05) is 111 Å². The second-order valence-electron chi connectivity index (χ2n) is 10.3. The summed E-state index contributed by atoms with van der Waals surface area (Å²) in [5, 5.41) is 11.8. The molecule has 0 fully saturated rings. The fraction of sp³-hybridized carbons (Fsp3) is 0.176. The van der Waals surface area contributed by atoms with E-state index in [0.717, 1.165) is 27.8 Å². The molecule has 0 aliphatic carbocycles. The van der Waals surface area contributed by atoms with Gasteiger partial charge in [-0.05, 0) is 66.8 Å². The van der Waals surface area contributed by atoms with Crippen LogP contribution in [-0.4, -0.2) is 33.5 Å². The van der Waals surface area contributed by atoms with Gasteiger partial charge in [0, 0.05) is 5.56 Å². The Balaban J connectivity index is 1.45. The minimum atomic E-state index is -0.792. The molecule has 0 aliphatic heterocycles. The van der Waals surface area contributed by atoms with Gasteiger partial charge in [0.05, 0.1) is 30.5 Å². The lowest BCUT2D eigenvalue weighted by molar-refractivity contribution is 0.0526. The second-order valence-corrected chi connectivity index (χ2v) is 10.3. The Morgan fingerprint density at radius 1 is 0.829 bits per heavy atom. The molecule has 0 unspecified atom stereocenters. The maximum Gasteiger partial charge on any atom is 0.338 e. The topological polar surface area (TPSA) is 86.1 Å². The van der Waals surface area contributed by atoms with Gasteiger partial charge in [-0.1, -0.05) is 90.1 Å². The summed E-state index contributed by atoms with van der Waals surface area (Å²) >= 11 is 0. The SMILES string of the molecule is CCOC(=O)c1ccc(-c2ccc(-c3ccccc3)cc2C(=O)NC(C)(C)c2cn(Cc3ccccc3)nn2)cc1. The Labute approximate surface area is 239 Å². The van der Waals surface area contributed by atoms with Crippen LogP contribution in [0.1, 0.15) is 52.7 Å². The van der Waals surface area contributed by atoms with Crippen molar-refractivity contribution >= 4 is 11.9 Å². The molecule has 1 amide bonds. The number of ether oxygens (including phenoxy) is 1. The van der Waals surface area contributed by atoms with Crippen molar-refractivity contribution in [1.82, 2.24) is 20.3 Å². The number of hydrogen-bond donors (Lipinski definition) is 1. The Hall–Kier alpha value is -5.04. The molecule has 4 aromatic carbocycles. The first kappa shape index (κ1) is 27.5. The Morgan fingerprint density at radius 3 is 2.17 bits per heavy atom. The largest absolute Gasteiger partial charge is 0.462 e. The third kappa shape index (κ3) is 6.41. The van der Waals surface area contributed by atoms with Crippen LogP contribution in [0.15, 0.2) is 109 Å². The average Bonchev–Trinajstić information content (AvgIpc) is 3.47. The predicted octanol–water partition coefficient (Wildman–Crippen LogP) is 6.50. The molecule has 5 rings (SSSR count). The van der Waals surface area contributed by atoms with Crippen LogP contribution in [0.2, 0.25) is 0 Å². The van der Waals surface area contributed by atoms with Crippen LogP contribution >= 0.6 is 0 Å². The van der Waals surface area contributed by atoms with Crippen LogP contribution in [0, 0.1) is 0 Å². The molecule has 5 aromatic rings. The monoisotopic (exact) mass is 544 g/mol. The number of hydrogen-bond acceptors (Lipinski definition) is 5. The molecule has 0 aliphatic rings. The number of amides is 1. The van der Waals surface area contributed by atoms with Crippen molar-refractivity contribution in [1.29, 1.82) is 0 Å². The minimum absolute atomic E-state index is 0.241. The molecule has 0 spiro atoms. The molecule has 7 heteroatoms. The average molecular weight is 545 g/mol. The van der Waals surface area contributed by atoms with Crippen LogP contribution in [0.5, 0.6) is 0 Å². The van der Waals surface area contributed by atoms with E-state index >= 15 is 0 Å². The molecule has 41 heavy (non-hydrogen) atoms. The summed E-state index contributed by atoms with van der Waals surface area (Å²) in [6.45, 7) is 6.49. The number of carbonyl (C=O) groups excluding carboxylic acids is 2. The summed E-state index contributed by atoms with van der Waals surface area (Å²) in [5.41, 5.74) is 5.45. The normalized spacial score (nSPS) is 11.2. The van der Waals surface area contributed by atoms with Gasteiger partial charge in [0.15, 0.2) is 0 Å². The highest BCUT2D eigenvalue weighted by Gasteiger charge is 2.28. The van der Waals surface area contributed by atoms with Crippen molar-refractivity contribution in [2.75, 3.05) is 6.61 Å². The maximum absolute atomic E-state index is 13.9. The molecule has 0 atom stereocenters. The van der Waals surface area contributed by atoms with Gasteiger partial charge in [0.1, 0.15) is 5.69 Å². The van der Waals surface area contributed by atoms with Crippen molar-refractivity contribution in [2.24, 2.45) is 0 Å². The van der Waals surface area contributed by atoms with Crippen LogP contribution in [0.3, 0.4) is 0 Å². The Kier molecular flexibility index (Phi) is 8.06. The van der Waals surface area contributed by atoms with Crippen LogP contribution in [0.4, 0.5) is 0 Å². The summed E-state index contributed by atoms with van der Waals surface area (Å²) < 4.78 is 6.89. The van der Waals surface area contributed by atoms with Crippen molar-refractivity contribution in [2.45, 2.75) is 32.9 Å². The molecule has 0 saturated heterocycles. The molecule has 1 heterocycles. The number of aromatic nitrogens is 3. The van der Waals surface area contributed by atoms with Crippen LogP contribution < -0.4 is 5.32 Å². The molecule has 0 bridgehead atoms. The molecular formula is C34H32N4O3. The second kappa shape index (κ2) is 12.0. The predicted molar refractivity (Wildman–Crippen MR) is 159 cm³/mol. The lowest BCUT2D eigenvalue weighted by Crippen LogP contribution is -2.41. The van der Waals surface area contributed by atoms with Gasteiger partial charge >= 0.3 is 5.97 Å². The zero-order chi connectivity index (χ0) is 28.8. The molecule has 1 N–H and O–H groups in total. The highest BCUT2D eigenvalue weighted by Crippen LogP contribution is 2.30. The van der Waals surface area contributed by atoms with Gasteiger partial charge in [-0.2, -0.15) is 0 Å². The summed E-state index contributed by atoms with van der Waals surface area (Å²) in [6.07, 6.45) is 1.86. The Morgan fingerprint density at radius 2 is 1.49 bits per heavy atom. The third-order valence-electron chi connectivity index (χ3n) is 6.87. The minimum Gasteiger partial charge on any atom is -0.462 e. The fourth-order valence-electron chi connectivity index (χ4n) is 4.64. The zero-order valence-corrected chi connectivity index (χ0v) is 23.4. The first-order valence-corrected chi connectivity index (χ1v) is 13.6. The van der Waals surface area contributed by atoms with Crippen molar-refractivity contribution in [3.63, 3.8) is 0 Å². The van der Waals surface area contributed by atoms with Crippen LogP contribution in [0.25, 0.3) is 22.3 Å². The molecule has 0 radical (unpaired) electrons. The van der Waals surface area contributed by atoms with E-state index in [1.54, 1.807) is 23.7 Å². The van der Waals surface area contributed by atoms with E-state index in [4.69, 9.17) is 4.74 Å². The summed E-state index contributed by atoms with van der Waals surface area (Å²) in [5.74, 6) is -0.617. The molecule has 206 valence electrons. The zero-order valence-electron chi connectivity index (χ0n) is 23.4. The number of nitrogens with one attached hydrogen (secondary N) is 1. The van der Waals surface area contributed by atoms with E-state index in [9.17, 15) is 9.59 Å². The smallest absolute Gasteiger partial charge is 0.338 e. The summed E-state index contributed by atoms with van der Waals surface area (Å²) in [6, 6.07) is 32.9. The van der Waals surface area contributed by atoms with E-state index in [2.05, 4.69) is 15.6 Å². The standard InChI is InChI=1S/C34H32N4O3/c1-4-41-33(40)27-17-15-26(16-18-27)29-20-19-28(25-13-9-6-10-14-25)21-30(29)32(39)35-34(2,3)31-23-38(37-36-31)22-24-11-7-5-8-12-24/h5-21,23H,4,22H2,1-3H3,(H,35,39). The highest BCUT2D eigenvalue weighted by molar-refractivity contribution is 6.02. The highest BCUT2D eigenvalue weighted by atomic mass is 16.5. The number of rotatable bonds is 9. The Bertz CT molecular complexity index is 1640. The van der Waals surface area contributed by atoms with Gasteiger partial charge in [-0.25, -0.2) is 9.48 Å². The molecule has 0 saturated carbocycles. The van der Waals surface area contributed by atoms with Gasteiger partial charge in [-0.3, -0.25) is 4.79 Å². The molecule has 7 nitrogen and oxygen atoms in total. The number of carbonyl (C=O) groups is 2. The van der Waals surface area contributed by atoms with Crippen molar-refractivity contribution < 1.29 is 14.3 Å². The molecule has 1 aromatic heterocycles. The third-order valence-corrected chi connectivity index (χ3v) is 6.87. The summed E-state index contributed by atoms with van der Waals surface area (Å²) in [4.78, 5) is 26.1. The van der Waals surface area contributed by atoms with E-state index in [0.29, 0.717) is 30.0 Å². The number of esters is 1. The van der Waals surface area contributed by atoms with Crippen molar-refractivity contribution in [3.8, 4) is 22.3 Å². The van der Waals surface area contributed by atoms with E-state index < -0.39 is 5.54 Å². The van der Waals surface area contributed by atoms with Crippen LogP contribution in [-0.2, 0) is 16.8 Å². The lowest BCUT2D eigenvalue weighted by Gasteiger charge is -2.25. The van der Waals surface area contributed by atoms with E-state index in [1.165, 1.54) is 0 Å². The first-order valence-electron chi connectivity index (χ1n) is 13.6. The number of benzene rings is 4. The molecular weight excluding hydrogens is 512 g/mol. The van der Waals surface area contributed by atoms with Gasteiger partial charge in [-0.15, -0.1) is 5.10 Å². The quantitative estimate of drug-likeness (QED) is 0.214.